The maximum absolute atomic E-state index is 13.7. The molecule has 0 amide bonds. The predicted octanol–water partition coefficient (Wildman–Crippen LogP) is 0.705. The molecule has 8 heteroatoms. The van der Waals surface area contributed by atoms with E-state index in [4.69, 9.17) is 10.8 Å². The van der Waals surface area contributed by atoms with Crippen molar-refractivity contribution in [1.29, 1.82) is 0 Å². The minimum atomic E-state index is -3.09. The van der Waals surface area contributed by atoms with E-state index in [1.165, 1.54) is 0 Å². The van der Waals surface area contributed by atoms with Crippen molar-refractivity contribution < 1.29 is 22.7 Å². The van der Waals surface area contributed by atoms with Crippen molar-refractivity contribution in [3.63, 3.8) is 0 Å². The summed E-state index contributed by atoms with van der Waals surface area (Å²) in [4.78, 5) is 10.9. The lowest BCUT2D eigenvalue weighted by Gasteiger charge is -2.14. The largest absolute Gasteiger partial charge is 0.478 e. The SMILES string of the molecule is Nc1cc(F)c(NC2CCS(=O)(=O)C2)cc1C(=O)O. The molecular formula is C11H13FN2O4S. The number of benzene rings is 1. The lowest BCUT2D eigenvalue weighted by molar-refractivity contribution is 0.0698. The van der Waals surface area contributed by atoms with Crippen LogP contribution in [0, 0.1) is 5.82 Å². The third-order valence-electron chi connectivity index (χ3n) is 2.96. The van der Waals surface area contributed by atoms with Crippen molar-refractivity contribution in [2.45, 2.75) is 12.5 Å². The number of hydrogen-bond acceptors (Lipinski definition) is 5. The van der Waals surface area contributed by atoms with Crippen LogP contribution in [0.4, 0.5) is 15.8 Å². The topological polar surface area (TPSA) is 109 Å². The van der Waals surface area contributed by atoms with Gasteiger partial charge in [-0.3, -0.25) is 0 Å². The molecule has 0 spiro atoms. The zero-order valence-electron chi connectivity index (χ0n) is 9.89. The second-order valence-electron chi connectivity index (χ2n) is 4.47. The zero-order valence-corrected chi connectivity index (χ0v) is 10.7. The van der Waals surface area contributed by atoms with E-state index in [-0.39, 0.29) is 28.4 Å². The minimum Gasteiger partial charge on any atom is -0.478 e. The Labute approximate surface area is 109 Å². The summed E-state index contributed by atoms with van der Waals surface area (Å²) in [6, 6.07) is 1.58. The zero-order chi connectivity index (χ0) is 14.2. The summed E-state index contributed by atoms with van der Waals surface area (Å²) in [5.41, 5.74) is 4.96. The molecule has 1 aliphatic rings. The molecule has 1 aromatic rings. The summed E-state index contributed by atoms with van der Waals surface area (Å²) < 4.78 is 36.3. The summed E-state index contributed by atoms with van der Waals surface area (Å²) in [6.45, 7) is 0. The van der Waals surface area contributed by atoms with Gasteiger partial charge >= 0.3 is 5.97 Å². The average molecular weight is 288 g/mol. The van der Waals surface area contributed by atoms with Crippen LogP contribution in [0.1, 0.15) is 16.8 Å². The molecule has 19 heavy (non-hydrogen) atoms. The number of halogens is 1. The summed E-state index contributed by atoms with van der Waals surface area (Å²) in [7, 11) is -3.09. The number of carboxylic acids is 1. The first-order valence-electron chi connectivity index (χ1n) is 5.58. The van der Waals surface area contributed by atoms with Gasteiger partial charge in [0.25, 0.3) is 0 Å². The van der Waals surface area contributed by atoms with Crippen LogP contribution in [0.3, 0.4) is 0 Å². The number of hydrogen-bond donors (Lipinski definition) is 3. The molecular weight excluding hydrogens is 275 g/mol. The van der Waals surface area contributed by atoms with E-state index in [2.05, 4.69) is 5.32 Å². The normalized spacial score (nSPS) is 21.2. The highest BCUT2D eigenvalue weighted by Gasteiger charge is 2.28. The fraction of sp³-hybridized carbons (Fsp3) is 0.364. The summed E-state index contributed by atoms with van der Waals surface area (Å²) in [5.74, 6) is -2.00. The van der Waals surface area contributed by atoms with Crippen molar-refractivity contribution in [1.82, 2.24) is 0 Å². The Bertz CT molecular complexity index is 630. The smallest absolute Gasteiger partial charge is 0.337 e. The lowest BCUT2D eigenvalue weighted by Crippen LogP contribution is -2.21. The number of anilines is 2. The van der Waals surface area contributed by atoms with Crippen LogP contribution >= 0.6 is 0 Å². The number of sulfone groups is 1. The number of carboxylic acid groups (broad SMARTS) is 1. The van der Waals surface area contributed by atoms with Crippen LogP contribution in [-0.4, -0.2) is 37.0 Å². The van der Waals surface area contributed by atoms with Gasteiger partial charge < -0.3 is 16.2 Å². The monoisotopic (exact) mass is 288 g/mol. The van der Waals surface area contributed by atoms with E-state index < -0.39 is 27.7 Å². The highest BCUT2D eigenvalue weighted by Crippen LogP contribution is 2.25. The number of rotatable bonds is 3. The Kier molecular flexibility index (Phi) is 3.36. The summed E-state index contributed by atoms with van der Waals surface area (Å²) in [6.07, 6.45) is 0.370. The van der Waals surface area contributed by atoms with Crippen LogP contribution in [0.2, 0.25) is 0 Å². The van der Waals surface area contributed by atoms with Crippen molar-refractivity contribution in [2.24, 2.45) is 0 Å². The first-order valence-corrected chi connectivity index (χ1v) is 7.40. The van der Waals surface area contributed by atoms with Crippen molar-refractivity contribution in [3.05, 3.63) is 23.5 Å². The fourth-order valence-electron chi connectivity index (χ4n) is 2.01. The second kappa shape index (κ2) is 4.69. The van der Waals surface area contributed by atoms with Crippen molar-refractivity contribution in [3.8, 4) is 0 Å². The number of nitrogens with one attached hydrogen (secondary N) is 1. The third kappa shape index (κ3) is 2.95. The molecule has 0 aliphatic carbocycles. The molecule has 1 heterocycles. The molecule has 1 saturated heterocycles. The molecule has 0 aromatic heterocycles. The summed E-state index contributed by atoms with van der Waals surface area (Å²) in [5, 5.41) is 11.6. The number of nitrogens with two attached hydrogens (primary N) is 1. The van der Waals surface area contributed by atoms with Crippen LogP contribution in [0.5, 0.6) is 0 Å². The van der Waals surface area contributed by atoms with Crippen LogP contribution in [0.15, 0.2) is 12.1 Å². The van der Waals surface area contributed by atoms with Gasteiger partial charge in [0, 0.05) is 11.7 Å². The lowest BCUT2D eigenvalue weighted by atomic mass is 10.1. The van der Waals surface area contributed by atoms with Gasteiger partial charge in [0.15, 0.2) is 9.84 Å². The van der Waals surface area contributed by atoms with Gasteiger partial charge in [-0.1, -0.05) is 0 Å². The second-order valence-corrected chi connectivity index (χ2v) is 6.70. The van der Waals surface area contributed by atoms with Gasteiger partial charge in [0.2, 0.25) is 0 Å². The number of nitrogen functional groups attached to an aromatic ring is 1. The van der Waals surface area contributed by atoms with E-state index >= 15 is 0 Å². The molecule has 4 N–H and O–H groups in total. The maximum atomic E-state index is 13.7. The van der Waals surface area contributed by atoms with Gasteiger partial charge in [-0.2, -0.15) is 0 Å². The Hall–Kier alpha value is -1.83. The molecule has 1 unspecified atom stereocenters. The highest BCUT2D eigenvalue weighted by atomic mass is 32.2. The van der Waals surface area contributed by atoms with Crippen LogP contribution in [-0.2, 0) is 9.84 Å². The highest BCUT2D eigenvalue weighted by molar-refractivity contribution is 7.91. The quantitative estimate of drug-likeness (QED) is 0.706. The maximum Gasteiger partial charge on any atom is 0.337 e. The van der Waals surface area contributed by atoms with E-state index in [0.29, 0.717) is 6.42 Å². The van der Waals surface area contributed by atoms with Crippen LogP contribution < -0.4 is 11.1 Å². The molecule has 0 bridgehead atoms. The van der Waals surface area contributed by atoms with Gasteiger partial charge in [-0.25, -0.2) is 17.6 Å². The minimum absolute atomic E-state index is 0.0475. The standard InChI is InChI=1S/C11H13FN2O4S/c12-8-4-9(13)7(11(15)16)3-10(8)14-6-1-2-19(17,18)5-6/h3-4,6,14H,1-2,5,13H2,(H,15,16). The molecule has 1 aromatic carbocycles. The average Bonchev–Trinajstić information content (AvgIpc) is 2.61. The molecule has 104 valence electrons. The van der Waals surface area contributed by atoms with Crippen LogP contribution in [0.25, 0.3) is 0 Å². The molecule has 0 radical (unpaired) electrons. The molecule has 6 nitrogen and oxygen atoms in total. The Morgan fingerprint density at radius 1 is 1.47 bits per heavy atom. The van der Waals surface area contributed by atoms with E-state index in [1.54, 1.807) is 0 Å². The van der Waals surface area contributed by atoms with Crippen molar-refractivity contribution >= 4 is 27.2 Å². The van der Waals surface area contributed by atoms with Gasteiger partial charge in [0.05, 0.1) is 22.8 Å². The van der Waals surface area contributed by atoms with Crippen molar-refractivity contribution in [2.75, 3.05) is 22.6 Å². The number of aromatic carboxylic acids is 1. The molecule has 0 saturated carbocycles. The van der Waals surface area contributed by atoms with E-state index in [1.807, 2.05) is 0 Å². The van der Waals surface area contributed by atoms with Gasteiger partial charge in [-0.05, 0) is 18.6 Å². The van der Waals surface area contributed by atoms with E-state index in [9.17, 15) is 17.6 Å². The predicted molar refractivity (Wildman–Crippen MR) is 68.5 cm³/mol. The molecule has 1 aliphatic heterocycles. The Morgan fingerprint density at radius 2 is 2.16 bits per heavy atom. The molecule has 1 atom stereocenters. The third-order valence-corrected chi connectivity index (χ3v) is 4.73. The first kappa shape index (κ1) is 13.6. The molecule has 2 rings (SSSR count). The Morgan fingerprint density at radius 3 is 2.68 bits per heavy atom. The fourth-order valence-corrected chi connectivity index (χ4v) is 3.69. The first-order chi connectivity index (χ1) is 8.78. The van der Waals surface area contributed by atoms with E-state index in [0.717, 1.165) is 12.1 Å². The van der Waals surface area contributed by atoms with Gasteiger partial charge in [0.1, 0.15) is 5.82 Å². The molecule has 1 fully saturated rings. The number of carbonyl (C=O) groups is 1. The summed E-state index contributed by atoms with van der Waals surface area (Å²) >= 11 is 0. The Balaban J connectivity index is 2.26. The van der Waals surface area contributed by atoms with Gasteiger partial charge in [-0.15, -0.1) is 0 Å².